The van der Waals surface area contributed by atoms with E-state index in [9.17, 15) is 0 Å². The van der Waals surface area contributed by atoms with Gasteiger partial charge in [0, 0.05) is 20.3 Å². The van der Waals surface area contributed by atoms with Crippen molar-refractivity contribution in [2.24, 2.45) is 0 Å². The van der Waals surface area contributed by atoms with E-state index in [1.807, 2.05) is 0 Å². The van der Waals surface area contributed by atoms with E-state index in [1.54, 1.807) is 7.11 Å². The SMILES string of the molecule is CCN(CC)CC1COCCC[Si](C)(OC)O1. The van der Waals surface area contributed by atoms with E-state index in [2.05, 4.69) is 25.3 Å². The molecule has 1 aliphatic rings. The number of hydrogen-bond acceptors (Lipinski definition) is 4. The monoisotopic (exact) mass is 261 g/mol. The van der Waals surface area contributed by atoms with Crippen LogP contribution in [0.3, 0.4) is 0 Å². The van der Waals surface area contributed by atoms with Crippen molar-refractivity contribution in [3.05, 3.63) is 0 Å². The van der Waals surface area contributed by atoms with Crippen molar-refractivity contribution in [3.63, 3.8) is 0 Å². The molecule has 0 radical (unpaired) electrons. The minimum Gasteiger partial charge on any atom is -0.398 e. The number of nitrogens with zero attached hydrogens (tertiary/aromatic N) is 1. The number of rotatable bonds is 5. The molecule has 0 aromatic carbocycles. The lowest BCUT2D eigenvalue weighted by atomic mass is 10.3. The smallest absolute Gasteiger partial charge is 0.335 e. The van der Waals surface area contributed by atoms with Gasteiger partial charge in [0.15, 0.2) is 0 Å². The van der Waals surface area contributed by atoms with Gasteiger partial charge in [0.1, 0.15) is 0 Å². The summed E-state index contributed by atoms with van der Waals surface area (Å²) in [5, 5.41) is 0. The van der Waals surface area contributed by atoms with Crippen LogP contribution in [-0.4, -0.2) is 59.5 Å². The van der Waals surface area contributed by atoms with E-state index in [-0.39, 0.29) is 6.10 Å². The molecule has 17 heavy (non-hydrogen) atoms. The van der Waals surface area contributed by atoms with Gasteiger partial charge in [-0.1, -0.05) is 13.8 Å². The normalized spacial score (nSPS) is 31.2. The predicted octanol–water partition coefficient (Wildman–Crippen LogP) is 1.85. The number of hydrogen-bond donors (Lipinski definition) is 0. The highest BCUT2D eigenvalue weighted by molar-refractivity contribution is 6.66. The third kappa shape index (κ3) is 5.05. The first-order valence-corrected chi connectivity index (χ1v) is 9.19. The van der Waals surface area contributed by atoms with E-state index in [0.717, 1.165) is 38.7 Å². The summed E-state index contributed by atoms with van der Waals surface area (Å²) in [6, 6.07) is 1.03. The second-order valence-corrected chi connectivity index (χ2v) is 8.15. The first-order valence-electron chi connectivity index (χ1n) is 6.66. The standard InChI is InChI=1S/C12H27NO3Si/c1-5-13(6-2)10-12-11-15-8-7-9-17(4,14-3)16-12/h12H,5-11H2,1-4H3. The summed E-state index contributed by atoms with van der Waals surface area (Å²) in [4.78, 5) is 2.38. The van der Waals surface area contributed by atoms with Crippen molar-refractivity contribution in [1.82, 2.24) is 4.90 Å². The summed E-state index contributed by atoms with van der Waals surface area (Å²) >= 11 is 0. The average molecular weight is 261 g/mol. The molecule has 1 saturated heterocycles. The van der Waals surface area contributed by atoms with Gasteiger partial charge in [0.25, 0.3) is 0 Å². The molecule has 102 valence electrons. The average Bonchev–Trinajstić information content (AvgIpc) is 2.32. The van der Waals surface area contributed by atoms with Gasteiger partial charge in [0.05, 0.1) is 12.7 Å². The van der Waals surface area contributed by atoms with Gasteiger partial charge < -0.3 is 18.5 Å². The molecule has 0 amide bonds. The Morgan fingerprint density at radius 1 is 1.35 bits per heavy atom. The minimum absolute atomic E-state index is 0.159. The Labute approximate surface area is 106 Å². The maximum absolute atomic E-state index is 6.21. The van der Waals surface area contributed by atoms with Gasteiger partial charge in [-0.15, -0.1) is 0 Å². The van der Waals surface area contributed by atoms with Crippen LogP contribution < -0.4 is 0 Å². The Kier molecular flexibility index (Phi) is 6.65. The van der Waals surface area contributed by atoms with Gasteiger partial charge in [-0.2, -0.15) is 0 Å². The molecule has 1 fully saturated rings. The molecule has 2 atom stereocenters. The summed E-state index contributed by atoms with van der Waals surface area (Å²) < 4.78 is 17.5. The summed E-state index contributed by atoms with van der Waals surface area (Å²) in [5.41, 5.74) is 0. The van der Waals surface area contributed by atoms with E-state index in [0.29, 0.717) is 6.61 Å². The highest BCUT2D eigenvalue weighted by Gasteiger charge is 2.34. The lowest BCUT2D eigenvalue weighted by Crippen LogP contribution is -2.48. The van der Waals surface area contributed by atoms with Crippen molar-refractivity contribution in [2.75, 3.05) is 40.0 Å². The fraction of sp³-hybridized carbons (Fsp3) is 1.00. The van der Waals surface area contributed by atoms with E-state index in [4.69, 9.17) is 13.6 Å². The third-order valence-electron chi connectivity index (χ3n) is 3.43. The van der Waals surface area contributed by atoms with Gasteiger partial charge >= 0.3 is 8.56 Å². The second-order valence-electron chi connectivity index (χ2n) is 4.74. The molecule has 4 nitrogen and oxygen atoms in total. The molecule has 2 unspecified atom stereocenters. The second kappa shape index (κ2) is 7.48. The Balaban J connectivity index is 2.55. The van der Waals surface area contributed by atoms with Crippen molar-refractivity contribution >= 4 is 8.56 Å². The van der Waals surface area contributed by atoms with Gasteiger partial charge in [-0.25, -0.2) is 0 Å². The highest BCUT2D eigenvalue weighted by atomic mass is 28.4. The van der Waals surface area contributed by atoms with Crippen molar-refractivity contribution in [3.8, 4) is 0 Å². The van der Waals surface area contributed by atoms with Gasteiger partial charge in [0.2, 0.25) is 0 Å². The highest BCUT2D eigenvalue weighted by Crippen LogP contribution is 2.20. The van der Waals surface area contributed by atoms with Crippen LogP contribution in [0, 0.1) is 0 Å². The lowest BCUT2D eigenvalue weighted by molar-refractivity contribution is 0.00213. The molecule has 0 aromatic heterocycles. The molecule has 0 aromatic rings. The molecule has 1 aliphatic heterocycles. The molecule has 0 spiro atoms. The molecule has 1 rings (SSSR count). The Hall–Kier alpha value is 0.0569. The predicted molar refractivity (Wildman–Crippen MR) is 71.5 cm³/mol. The third-order valence-corrected chi connectivity index (χ3v) is 6.38. The number of ether oxygens (including phenoxy) is 1. The first-order chi connectivity index (χ1) is 8.13. The fourth-order valence-corrected chi connectivity index (χ4v) is 4.22. The topological polar surface area (TPSA) is 30.9 Å². The zero-order chi connectivity index (χ0) is 12.7. The van der Waals surface area contributed by atoms with Crippen molar-refractivity contribution in [1.29, 1.82) is 0 Å². The van der Waals surface area contributed by atoms with Crippen LogP contribution >= 0.6 is 0 Å². The molecule has 0 aliphatic carbocycles. The van der Waals surface area contributed by atoms with Crippen LogP contribution in [0.15, 0.2) is 0 Å². The molecular weight excluding hydrogens is 234 g/mol. The van der Waals surface area contributed by atoms with Gasteiger partial charge in [-0.05, 0) is 32.1 Å². The quantitative estimate of drug-likeness (QED) is 0.707. The molecule has 1 heterocycles. The Morgan fingerprint density at radius 2 is 2.06 bits per heavy atom. The van der Waals surface area contributed by atoms with Crippen LogP contribution in [0.2, 0.25) is 12.6 Å². The summed E-state index contributed by atoms with van der Waals surface area (Å²) in [7, 11) is -0.174. The molecule has 0 saturated carbocycles. The summed E-state index contributed by atoms with van der Waals surface area (Å²) in [5.74, 6) is 0. The molecule has 0 bridgehead atoms. The van der Waals surface area contributed by atoms with Crippen LogP contribution in [0.1, 0.15) is 20.3 Å². The molecule has 5 heteroatoms. The van der Waals surface area contributed by atoms with E-state index in [1.165, 1.54) is 0 Å². The fourth-order valence-electron chi connectivity index (χ4n) is 2.17. The largest absolute Gasteiger partial charge is 0.398 e. The van der Waals surface area contributed by atoms with Crippen LogP contribution in [0.5, 0.6) is 0 Å². The summed E-state index contributed by atoms with van der Waals surface area (Å²) in [6.07, 6.45) is 1.21. The first kappa shape index (κ1) is 15.1. The minimum atomic E-state index is -1.96. The Bertz CT molecular complexity index is 214. The Morgan fingerprint density at radius 3 is 2.65 bits per heavy atom. The van der Waals surface area contributed by atoms with Crippen LogP contribution in [-0.2, 0) is 13.6 Å². The lowest BCUT2D eigenvalue weighted by Gasteiger charge is -2.34. The van der Waals surface area contributed by atoms with E-state index >= 15 is 0 Å². The van der Waals surface area contributed by atoms with E-state index < -0.39 is 8.56 Å². The maximum atomic E-state index is 6.21. The molecular formula is C12H27NO3Si. The van der Waals surface area contributed by atoms with Crippen LogP contribution in [0.4, 0.5) is 0 Å². The zero-order valence-electron chi connectivity index (χ0n) is 11.7. The molecule has 0 N–H and O–H groups in total. The van der Waals surface area contributed by atoms with Gasteiger partial charge in [-0.3, -0.25) is 0 Å². The number of likely N-dealkylation sites (N-methyl/N-ethyl adjacent to an activating group) is 1. The van der Waals surface area contributed by atoms with Crippen molar-refractivity contribution < 1.29 is 13.6 Å². The maximum Gasteiger partial charge on any atom is 0.335 e. The van der Waals surface area contributed by atoms with Crippen LogP contribution in [0.25, 0.3) is 0 Å². The summed E-state index contributed by atoms with van der Waals surface area (Å²) in [6.45, 7) is 11.1. The zero-order valence-corrected chi connectivity index (χ0v) is 12.7. The van der Waals surface area contributed by atoms with Crippen molar-refractivity contribution in [2.45, 2.75) is 39.0 Å².